The molecule has 2 amide bonds. The standard InChI is InChI=1S/C18H24N2O4/c1-12(2)24-15-7-3-6-14(9-15)19-17(23)20-10-13-5-4-8-18(13,11-20)16(21)22/h3,6-7,9,12-13H,4-5,8,10-11H2,1-2H3,(H,19,23)(H,21,22)/t13-,18+/m0/s1. The zero-order chi connectivity index (χ0) is 17.3. The number of nitrogens with one attached hydrogen (secondary N) is 1. The first-order chi connectivity index (χ1) is 11.4. The molecule has 1 heterocycles. The van der Waals surface area contributed by atoms with Crippen LogP contribution in [0.3, 0.4) is 0 Å². The number of aliphatic carboxylic acids is 1. The van der Waals surface area contributed by atoms with Gasteiger partial charge in [0.25, 0.3) is 0 Å². The van der Waals surface area contributed by atoms with Crippen LogP contribution in [-0.2, 0) is 4.79 Å². The Labute approximate surface area is 141 Å². The van der Waals surface area contributed by atoms with E-state index < -0.39 is 11.4 Å². The molecule has 1 aliphatic heterocycles. The van der Waals surface area contributed by atoms with E-state index >= 15 is 0 Å². The summed E-state index contributed by atoms with van der Waals surface area (Å²) >= 11 is 0. The van der Waals surface area contributed by atoms with Gasteiger partial charge in [0.15, 0.2) is 0 Å². The second-order valence-electron chi connectivity index (χ2n) is 7.06. The molecule has 2 fully saturated rings. The fraction of sp³-hybridized carbons (Fsp3) is 0.556. The lowest BCUT2D eigenvalue weighted by molar-refractivity contribution is -0.149. The van der Waals surface area contributed by atoms with E-state index in [1.165, 1.54) is 0 Å². The fourth-order valence-electron chi connectivity index (χ4n) is 3.92. The Kier molecular flexibility index (Phi) is 4.39. The second-order valence-corrected chi connectivity index (χ2v) is 7.06. The average Bonchev–Trinajstić information content (AvgIpc) is 3.04. The van der Waals surface area contributed by atoms with E-state index in [2.05, 4.69) is 5.32 Å². The number of amides is 2. The van der Waals surface area contributed by atoms with Gasteiger partial charge in [0.2, 0.25) is 0 Å². The van der Waals surface area contributed by atoms with E-state index in [0.29, 0.717) is 30.9 Å². The van der Waals surface area contributed by atoms with Crippen LogP contribution < -0.4 is 10.1 Å². The zero-order valence-electron chi connectivity index (χ0n) is 14.1. The highest BCUT2D eigenvalue weighted by Gasteiger charge is 2.55. The number of hydrogen-bond acceptors (Lipinski definition) is 3. The molecule has 6 heteroatoms. The smallest absolute Gasteiger partial charge is 0.321 e. The maximum Gasteiger partial charge on any atom is 0.321 e. The Morgan fingerprint density at radius 2 is 2.21 bits per heavy atom. The SMILES string of the molecule is CC(C)Oc1cccc(NC(=O)N2C[C@@H]3CCC[C@@]3(C(=O)O)C2)c1. The van der Waals surface area contributed by atoms with Crippen LogP contribution in [0.15, 0.2) is 24.3 Å². The molecule has 1 saturated carbocycles. The van der Waals surface area contributed by atoms with Gasteiger partial charge in [-0.2, -0.15) is 0 Å². The predicted molar refractivity (Wildman–Crippen MR) is 90.2 cm³/mol. The lowest BCUT2D eigenvalue weighted by Crippen LogP contribution is -2.38. The van der Waals surface area contributed by atoms with Crippen molar-refractivity contribution in [2.24, 2.45) is 11.3 Å². The first-order valence-corrected chi connectivity index (χ1v) is 8.47. The number of urea groups is 1. The number of carbonyl (C=O) groups excluding carboxylic acids is 1. The van der Waals surface area contributed by atoms with Gasteiger partial charge in [0.1, 0.15) is 5.75 Å². The minimum absolute atomic E-state index is 0.0596. The van der Waals surface area contributed by atoms with Gasteiger partial charge in [0.05, 0.1) is 11.5 Å². The van der Waals surface area contributed by atoms with Gasteiger partial charge in [-0.1, -0.05) is 12.5 Å². The van der Waals surface area contributed by atoms with Crippen molar-refractivity contribution in [2.45, 2.75) is 39.2 Å². The molecule has 1 saturated heterocycles. The number of carboxylic acid groups (broad SMARTS) is 1. The van der Waals surface area contributed by atoms with Crippen molar-refractivity contribution >= 4 is 17.7 Å². The highest BCUT2D eigenvalue weighted by Crippen LogP contribution is 2.48. The molecule has 0 unspecified atom stereocenters. The Bertz CT molecular complexity index is 646. The lowest BCUT2D eigenvalue weighted by atomic mass is 9.81. The third-order valence-corrected chi connectivity index (χ3v) is 5.04. The van der Waals surface area contributed by atoms with Crippen molar-refractivity contribution in [3.05, 3.63) is 24.3 Å². The van der Waals surface area contributed by atoms with E-state index in [4.69, 9.17) is 4.74 Å². The summed E-state index contributed by atoms with van der Waals surface area (Å²) in [5.74, 6) is -0.00733. The number of ether oxygens (including phenoxy) is 1. The monoisotopic (exact) mass is 332 g/mol. The zero-order valence-corrected chi connectivity index (χ0v) is 14.1. The van der Waals surface area contributed by atoms with E-state index in [9.17, 15) is 14.7 Å². The number of anilines is 1. The lowest BCUT2D eigenvalue weighted by Gasteiger charge is -2.23. The molecule has 0 bridgehead atoms. The van der Waals surface area contributed by atoms with Gasteiger partial charge >= 0.3 is 12.0 Å². The van der Waals surface area contributed by atoms with E-state index in [-0.39, 0.29) is 18.1 Å². The predicted octanol–water partition coefficient (Wildman–Crippen LogP) is 3.19. The van der Waals surface area contributed by atoms with Crippen LogP contribution in [-0.4, -0.2) is 41.2 Å². The van der Waals surface area contributed by atoms with Crippen LogP contribution in [0.5, 0.6) is 5.75 Å². The number of carbonyl (C=O) groups is 2. The number of carboxylic acids is 1. The number of fused-ring (bicyclic) bond motifs is 1. The summed E-state index contributed by atoms with van der Waals surface area (Å²) in [7, 11) is 0. The van der Waals surface area contributed by atoms with Crippen LogP contribution in [0.2, 0.25) is 0 Å². The topological polar surface area (TPSA) is 78.9 Å². The Morgan fingerprint density at radius 3 is 2.88 bits per heavy atom. The third-order valence-electron chi connectivity index (χ3n) is 5.04. The summed E-state index contributed by atoms with van der Waals surface area (Å²) in [5, 5.41) is 12.5. The normalized spacial score (nSPS) is 25.6. The number of rotatable bonds is 4. The summed E-state index contributed by atoms with van der Waals surface area (Å²) in [5.41, 5.74) is -0.0977. The molecule has 24 heavy (non-hydrogen) atoms. The summed E-state index contributed by atoms with van der Waals surface area (Å²) in [6.07, 6.45) is 2.54. The summed E-state index contributed by atoms with van der Waals surface area (Å²) in [4.78, 5) is 25.9. The number of likely N-dealkylation sites (tertiary alicyclic amines) is 1. The average molecular weight is 332 g/mol. The minimum Gasteiger partial charge on any atom is -0.491 e. The molecular formula is C18H24N2O4. The van der Waals surface area contributed by atoms with Crippen molar-refractivity contribution < 1.29 is 19.4 Å². The van der Waals surface area contributed by atoms with Crippen molar-refractivity contribution in [1.82, 2.24) is 4.90 Å². The number of nitrogens with zero attached hydrogens (tertiary/aromatic N) is 1. The molecule has 3 rings (SSSR count). The highest BCUT2D eigenvalue weighted by atomic mass is 16.5. The van der Waals surface area contributed by atoms with E-state index in [0.717, 1.165) is 12.8 Å². The molecule has 6 nitrogen and oxygen atoms in total. The fourth-order valence-corrected chi connectivity index (χ4v) is 3.92. The van der Waals surface area contributed by atoms with Crippen LogP contribution in [0.4, 0.5) is 10.5 Å². The van der Waals surface area contributed by atoms with E-state index in [1.807, 2.05) is 26.0 Å². The van der Waals surface area contributed by atoms with Crippen molar-refractivity contribution in [3.63, 3.8) is 0 Å². The van der Waals surface area contributed by atoms with Crippen LogP contribution in [0, 0.1) is 11.3 Å². The molecule has 2 atom stereocenters. The van der Waals surface area contributed by atoms with Crippen LogP contribution in [0.1, 0.15) is 33.1 Å². The molecule has 1 aromatic rings. The quantitative estimate of drug-likeness (QED) is 0.887. The van der Waals surface area contributed by atoms with Gasteiger partial charge in [-0.15, -0.1) is 0 Å². The van der Waals surface area contributed by atoms with Crippen LogP contribution in [0.25, 0.3) is 0 Å². The maximum absolute atomic E-state index is 12.5. The van der Waals surface area contributed by atoms with Gasteiger partial charge in [-0.25, -0.2) is 4.79 Å². The van der Waals surface area contributed by atoms with Gasteiger partial charge in [-0.05, 0) is 44.7 Å². The molecule has 2 N–H and O–H groups in total. The van der Waals surface area contributed by atoms with E-state index in [1.54, 1.807) is 17.0 Å². The van der Waals surface area contributed by atoms with Gasteiger partial charge < -0.3 is 20.1 Å². The van der Waals surface area contributed by atoms with Crippen LogP contribution >= 0.6 is 0 Å². The summed E-state index contributed by atoms with van der Waals surface area (Å²) in [6, 6.07) is 7.00. The van der Waals surface area contributed by atoms with Gasteiger partial charge in [0, 0.05) is 24.8 Å². The molecule has 0 spiro atoms. The van der Waals surface area contributed by atoms with Crippen molar-refractivity contribution in [2.75, 3.05) is 18.4 Å². The highest BCUT2D eigenvalue weighted by molar-refractivity contribution is 5.90. The Morgan fingerprint density at radius 1 is 1.42 bits per heavy atom. The Hall–Kier alpha value is -2.24. The molecule has 2 aliphatic rings. The van der Waals surface area contributed by atoms with Crippen molar-refractivity contribution in [3.8, 4) is 5.75 Å². The molecule has 1 aromatic carbocycles. The maximum atomic E-state index is 12.5. The third kappa shape index (κ3) is 3.05. The first kappa shape index (κ1) is 16.6. The summed E-state index contributed by atoms with van der Waals surface area (Å²) in [6.45, 7) is 4.69. The van der Waals surface area contributed by atoms with Gasteiger partial charge in [-0.3, -0.25) is 4.79 Å². The second kappa shape index (κ2) is 6.34. The first-order valence-electron chi connectivity index (χ1n) is 8.47. The van der Waals surface area contributed by atoms with Crippen molar-refractivity contribution in [1.29, 1.82) is 0 Å². The molecule has 0 aromatic heterocycles. The minimum atomic E-state index is -0.771. The number of benzene rings is 1. The largest absolute Gasteiger partial charge is 0.491 e. The number of hydrogen-bond donors (Lipinski definition) is 2. The summed E-state index contributed by atoms with van der Waals surface area (Å²) < 4.78 is 5.63. The molecule has 1 aliphatic carbocycles. The Balaban J connectivity index is 1.67. The molecular weight excluding hydrogens is 308 g/mol. The molecule has 0 radical (unpaired) electrons. The molecule has 130 valence electrons.